The molecule has 3 rings (SSSR count). The molecule has 1 aliphatic heterocycles. The standard InChI is InChI=1S/C16H21N3O/c1-18-11-14(10-17-18)15-8-5-9-19(15)12-16(20)13-6-3-2-4-7-13/h2-4,6-7,10-11,15-16,20H,5,8-9,12H2,1H3. The average Bonchev–Trinajstić information content (AvgIpc) is 3.08. The van der Waals surface area contributed by atoms with Crippen molar-refractivity contribution >= 4 is 0 Å². The predicted octanol–water partition coefficient (Wildman–Crippen LogP) is 2.29. The molecular formula is C16H21N3O. The summed E-state index contributed by atoms with van der Waals surface area (Å²) in [4.78, 5) is 2.37. The first-order valence-corrected chi connectivity index (χ1v) is 7.19. The lowest BCUT2D eigenvalue weighted by Crippen LogP contribution is -2.28. The van der Waals surface area contributed by atoms with Crippen molar-refractivity contribution in [3.8, 4) is 0 Å². The first kappa shape index (κ1) is 13.3. The summed E-state index contributed by atoms with van der Waals surface area (Å²) < 4.78 is 1.85. The summed E-state index contributed by atoms with van der Waals surface area (Å²) in [7, 11) is 1.95. The second-order valence-corrected chi connectivity index (χ2v) is 5.53. The number of aliphatic hydroxyl groups is 1. The van der Waals surface area contributed by atoms with Gasteiger partial charge in [0, 0.05) is 31.4 Å². The maximum atomic E-state index is 10.4. The first-order chi connectivity index (χ1) is 9.74. The minimum atomic E-state index is -0.423. The molecule has 4 heteroatoms. The number of aromatic nitrogens is 2. The van der Waals surface area contributed by atoms with Crippen LogP contribution in [0.25, 0.3) is 0 Å². The van der Waals surface area contributed by atoms with Gasteiger partial charge in [-0.3, -0.25) is 9.58 Å². The van der Waals surface area contributed by atoms with E-state index in [0.717, 1.165) is 18.5 Å². The summed E-state index contributed by atoms with van der Waals surface area (Å²) >= 11 is 0. The number of benzene rings is 1. The van der Waals surface area contributed by atoms with Gasteiger partial charge in [0.05, 0.1) is 12.3 Å². The average molecular weight is 271 g/mol. The van der Waals surface area contributed by atoms with E-state index in [1.807, 2.05) is 48.3 Å². The summed E-state index contributed by atoms with van der Waals surface area (Å²) in [6.45, 7) is 1.73. The monoisotopic (exact) mass is 271 g/mol. The van der Waals surface area contributed by atoms with Gasteiger partial charge in [0.15, 0.2) is 0 Å². The summed E-state index contributed by atoms with van der Waals surface area (Å²) in [6.07, 6.45) is 5.93. The van der Waals surface area contributed by atoms with Crippen molar-refractivity contribution in [3.63, 3.8) is 0 Å². The van der Waals surface area contributed by atoms with Crippen LogP contribution in [0.4, 0.5) is 0 Å². The normalized spacial score (nSPS) is 21.2. The van der Waals surface area contributed by atoms with Crippen LogP contribution in [0.5, 0.6) is 0 Å². The molecule has 1 fully saturated rings. The quantitative estimate of drug-likeness (QED) is 0.927. The molecule has 1 saturated heterocycles. The van der Waals surface area contributed by atoms with E-state index in [-0.39, 0.29) is 0 Å². The maximum absolute atomic E-state index is 10.4. The Balaban J connectivity index is 1.70. The Morgan fingerprint density at radius 2 is 2.15 bits per heavy atom. The van der Waals surface area contributed by atoms with Crippen LogP contribution in [0.1, 0.15) is 36.1 Å². The Hall–Kier alpha value is -1.65. The van der Waals surface area contributed by atoms with Crippen LogP contribution < -0.4 is 0 Å². The number of nitrogens with zero attached hydrogens (tertiary/aromatic N) is 3. The van der Waals surface area contributed by atoms with Gasteiger partial charge >= 0.3 is 0 Å². The van der Waals surface area contributed by atoms with Crippen molar-refractivity contribution in [3.05, 3.63) is 53.9 Å². The second kappa shape index (κ2) is 5.77. The zero-order valence-corrected chi connectivity index (χ0v) is 11.8. The minimum absolute atomic E-state index is 0.391. The van der Waals surface area contributed by atoms with Crippen LogP contribution in [0, 0.1) is 0 Å². The maximum Gasteiger partial charge on any atom is 0.0917 e. The summed E-state index contributed by atoms with van der Waals surface area (Å²) in [6, 6.07) is 10.3. The highest BCUT2D eigenvalue weighted by Gasteiger charge is 2.28. The molecule has 0 bridgehead atoms. The van der Waals surface area contributed by atoms with Crippen LogP contribution in [0.2, 0.25) is 0 Å². The van der Waals surface area contributed by atoms with Gasteiger partial charge in [-0.1, -0.05) is 30.3 Å². The fourth-order valence-electron chi connectivity index (χ4n) is 3.04. The van der Waals surface area contributed by atoms with Crippen molar-refractivity contribution in [2.24, 2.45) is 7.05 Å². The smallest absolute Gasteiger partial charge is 0.0917 e. The lowest BCUT2D eigenvalue weighted by atomic mass is 10.1. The number of hydrogen-bond donors (Lipinski definition) is 1. The molecule has 1 N–H and O–H groups in total. The molecule has 1 aromatic carbocycles. The molecule has 1 aliphatic rings. The van der Waals surface area contributed by atoms with Gasteiger partial charge in [0.2, 0.25) is 0 Å². The highest BCUT2D eigenvalue weighted by Crippen LogP contribution is 2.33. The Bertz CT molecular complexity index is 552. The molecule has 1 aromatic heterocycles. The molecule has 0 spiro atoms. The molecule has 2 heterocycles. The highest BCUT2D eigenvalue weighted by atomic mass is 16.3. The highest BCUT2D eigenvalue weighted by molar-refractivity contribution is 5.18. The number of rotatable bonds is 4. The predicted molar refractivity (Wildman–Crippen MR) is 78.2 cm³/mol. The Labute approximate surface area is 119 Å². The zero-order valence-electron chi connectivity index (χ0n) is 11.8. The summed E-state index contributed by atoms with van der Waals surface area (Å²) in [5, 5.41) is 14.6. The molecule has 2 aromatic rings. The van der Waals surface area contributed by atoms with E-state index in [4.69, 9.17) is 0 Å². The Kier molecular flexibility index (Phi) is 3.85. The molecule has 2 unspecified atom stereocenters. The summed E-state index contributed by atoms with van der Waals surface area (Å²) in [5.74, 6) is 0. The fraction of sp³-hybridized carbons (Fsp3) is 0.438. The van der Waals surface area contributed by atoms with Gasteiger partial charge in [-0.15, -0.1) is 0 Å². The van der Waals surface area contributed by atoms with Crippen LogP contribution in [-0.4, -0.2) is 32.9 Å². The number of aryl methyl sites for hydroxylation is 1. The van der Waals surface area contributed by atoms with Crippen LogP contribution in [0.3, 0.4) is 0 Å². The second-order valence-electron chi connectivity index (χ2n) is 5.53. The van der Waals surface area contributed by atoms with Crippen molar-refractivity contribution < 1.29 is 5.11 Å². The minimum Gasteiger partial charge on any atom is -0.387 e. The molecule has 0 aliphatic carbocycles. The van der Waals surface area contributed by atoms with Crippen LogP contribution >= 0.6 is 0 Å². The fourth-order valence-corrected chi connectivity index (χ4v) is 3.04. The van der Waals surface area contributed by atoms with Gasteiger partial charge in [0.25, 0.3) is 0 Å². The molecule has 2 atom stereocenters. The van der Waals surface area contributed by atoms with Gasteiger partial charge in [-0.2, -0.15) is 5.10 Å². The van der Waals surface area contributed by atoms with E-state index in [1.165, 1.54) is 12.0 Å². The third kappa shape index (κ3) is 2.76. The zero-order chi connectivity index (χ0) is 13.9. The SMILES string of the molecule is Cn1cc(C2CCCN2CC(O)c2ccccc2)cn1. The molecule has 4 nitrogen and oxygen atoms in total. The molecule has 0 amide bonds. The largest absolute Gasteiger partial charge is 0.387 e. The van der Waals surface area contributed by atoms with E-state index in [1.54, 1.807) is 0 Å². The van der Waals surface area contributed by atoms with Crippen molar-refractivity contribution in [1.82, 2.24) is 14.7 Å². The van der Waals surface area contributed by atoms with Gasteiger partial charge in [-0.05, 0) is 24.9 Å². The molecule has 106 valence electrons. The van der Waals surface area contributed by atoms with E-state index in [9.17, 15) is 5.11 Å². The van der Waals surface area contributed by atoms with Crippen molar-refractivity contribution in [1.29, 1.82) is 0 Å². The lowest BCUT2D eigenvalue weighted by molar-refractivity contribution is 0.106. The van der Waals surface area contributed by atoms with E-state index >= 15 is 0 Å². The van der Waals surface area contributed by atoms with E-state index in [0.29, 0.717) is 12.6 Å². The number of aliphatic hydroxyl groups excluding tert-OH is 1. The molecular weight excluding hydrogens is 250 g/mol. The molecule has 20 heavy (non-hydrogen) atoms. The van der Waals surface area contributed by atoms with Crippen molar-refractivity contribution in [2.45, 2.75) is 25.0 Å². The van der Waals surface area contributed by atoms with Gasteiger partial charge < -0.3 is 5.11 Å². The van der Waals surface area contributed by atoms with Crippen LogP contribution in [0.15, 0.2) is 42.7 Å². The van der Waals surface area contributed by atoms with Gasteiger partial charge in [-0.25, -0.2) is 0 Å². The lowest BCUT2D eigenvalue weighted by Gasteiger charge is -2.26. The number of β-amino-alcohol motifs (C(OH)–C–C–N with tert-alkyl or cyclic N) is 1. The number of likely N-dealkylation sites (tertiary alicyclic amines) is 1. The van der Waals surface area contributed by atoms with Crippen molar-refractivity contribution in [2.75, 3.05) is 13.1 Å². The van der Waals surface area contributed by atoms with Gasteiger partial charge in [0.1, 0.15) is 0 Å². The molecule has 0 saturated carbocycles. The van der Waals surface area contributed by atoms with E-state index in [2.05, 4.69) is 16.2 Å². The first-order valence-electron chi connectivity index (χ1n) is 7.19. The number of hydrogen-bond acceptors (Lipinski definition) is 3. The third-order valence-corrected chi connectivity index (χ3v) is 4.07. The topological polar surface area (TPSA) is 41.3 Å². The third-order valence-electron chi connectivity index (χ3n) is 4.07. The summed E-state index contributed by atoms with van der Waals surface area (Å²) in [5.41, 5.74) is 2.24. The Morgan fingerprint density at radius 1 is 1.35 bits per heavy atom. The molecule has 0 radical (unpaired) electrons. The Morgan fingerprint density at radius 3 is 2.85 bits per heavy atom. The van der Waals surface area contributed by atoms with Crippen LogP contribution in [-0.2, 0) is 7.05 Å². The van der Waals surface area contributed by atoms with E-state index < -0.39 is 6.10 Å².